The molecule has 0 bridgehead atoms. The average Bonchev–Trinajstić information content (AvgIpc) is 2.63. The third kappa shape index (κ3) is 4.55. The number of hydrogen-bond acceptors (Lipinski definition) is 4. The summed E-state index contributed by atoms with van der Waals surface area (Å²) in [6.07, 6.45) is 3.30. The Morgan fingerprint density at radius 1 is 1.04 bits per heavy atom. The van der Waals surface area contributed by atoms with Crippen LogP contribution in [0.25, 0.3) is 0 Å². The molecule has 2 aromatic carbocycles. The number of carbonyl (C=O) groups is 1. The molecular weight excluding hydrogens is 336 g/mol. The van der Waals surface area contributed by atoms with Crippen molar-refractivity contribution in [3.8, 4) is 0 Å². The highest BCUT2D eigenvalue weighted by atomic mass is 35.5. The number of rotatable bonds is 5. The van der Waals surface area contributed by atoms with Crippen LogP contribution in [0.3, 0.4) is 0 Å². The highest BCUT2D eigenvalue weighted by Crippen LogP contribution is 2.18. The molecule has 6 heteroatoms. The number of amides is 1. The lowest BCUT2D eigenvalue weighted by atomic mass is 10.1. The van der Waals surface area contributed by atoms with Gasteiger partial charge in [-0.15, -0.1) is 0 Å². The molecule has 0 aliphatic carbocycles. The third-order valence-electron chi connectivity index (χ3n) is 3.66. The van der Waals surface area contributed by atoms with Gasteiger partial charge in [-0.25, -0.2) is 9.97 Å². The van der Waals surface area contributed by atoms with E-state index in [4.69, 9.17) is 11.6 Å². The van der Waals surface area contributed by atoms with Gasteiger partial charge in [0.15, 0.2) is 0 Å². The van der Waals surface area contributed by atoms with E-state index in [1.165, 1.54) is 0 Å². The standard InChI is InChI=1S/C19H17ClN4O/c1-13(14-6-8-16(20)9-7-14)23-18(25)15-4-2-5-17(12-15)24-19-21-10-3-11-22-19/h2-13H,1H3,(H,23,25)(H,21,22,24). The fraction of sp³-hybridized carbons (Fsp3) is 0.105. The lowest BCUT2D eigenvalue weighted by Gasteiger charge is -2.15. The maximum absolute atomic E-state index is 12.5. The van der Waals surface area contributed by atoms with Gasteiger partial charge in [0.05, 0.1) is 6.04 Å². The summed E-state index contributed by atoms with van der Waals surface area (Å²) in [7, 11) is 0. The number of nitrogens with one attached hydrogen (secondary N) is 2. The first kappa shape index (κ1) is 16.9. The Labute approximate surface area is 151 Å². The quantitative estimate of drug-likeness (QED) is 0.715. The van der Waals surface area contributed by atoms with Gasteiger partial charge < -0.3 is 10.6 Å². The predicted molar refractivity (Wildman–Crippen MR) is 99.1 cm³/mol. The topological polar surface area (TPSA) is 66.9 Å². The number of carbonyl (C=O) groups excluding carboxylic acids is 1. The fourth-order valence-electron chi connectivity index (χ4n) is 2.35. The normalized spacial score (nSPS) is 11.6. The molecule has 0 saturated heterocycles. The predicted octanol–water partition coefficient (Wildman–Crippen LogP) is 4.36. The van der Waals surface area contributed by atoms with Gasteiger partial charge in [-0.05, 0) is 48.9 Å². The van der Waals surface area contributed by atoms with Crippen molar-refractivity contribution in [1.82, 2.24) is 15.3 Å². The average molecular weight is 353 g/mol. The highest BCUT2D eigenvalue weighted by Gasteiger charge is 2.12. The van der Waals surface area contributed by atoms with Crippen LogP contribution in [-0.4, -0.2) is 15.9 Å². The van der Waals surface area contributed by atoms with Crippen molar-refractivity contribution in [3.05, 3.63) is 83.1 Å². The Morgan fingerprint density at radius 2 is 1.76 bits per heavy atom. The van der Waals surface area contributed by atoms with Gasteiger partial charge in [0.2, 0.25) is 5.95 Å². The Bertz CT molecular complexity index is 853. The molecule has 2 N–H and O–H groups in total. The number of anilines is 2. The van der Waals surface area contributed by atoms with Gasteiger partial charge >= 0.3 is 0 Å². The molecule has 1 unspecified atom stereocenters. The zero-order valence-corrected chi connectivity index (χ0v) is 14.4. The molecule has 0 fully saturated rings. The molecule has 1 amide bonds. The molecule has 0 saturated carbocycles. The fourth-order valence-corrected chi connectivity index (χ4v) is 2.47. The Morgan fingerprint density at radius 3 is 2.48 bits per heavy atom. The van der Waals surface area contributed by atoms with Crippen molar-refractivity contribution < 1.29 is 4.79 Å². The van der Waals surface area contributed by atoms with Crippen LogP contribution in [0.4, 0.5) is 11.6 Å². The van der Waals surface area contributed by atoms with Gasteiger partial charge in [0, 0.05) is 28.7 Å². The number of aromatic nitrogens is 2. The second-order valence-corrected chi connectivity index (χ2v) is 5.96. The van der Waals surface area contributed by atoms with E-state index >= 15 is 0 Å². The van der Waals surface area contributed by atoms with E-state index in [-0.39, 0.29) is 11.9 Å². The molecule has 1 aromatic heterocycles. The molecule has 0 aliphatic heterocycles. The molecular formula is C19H17ClN4O. The summed E-state index contributed by atoms with van der Waals surface area (Å²) in [6.45, 7) is 1.93. The Balaban J connectivity index is 1.69. The van der Waals surface area contributed by atoms with Gasteiger partial charge in [0.1, 0.15) is 0 Å². The molecule has 0 radical (unpaired) electrons. The van der Waals surface area contributed by atoms with Crippen molar-refractivity contribution in [2.75, 3.05) is 5.32 Å². The molecule has 0 spiro atoms. The van der Waals surface area contributed by atoms with Gasteiger partial charge in [-0.2, -0.15) is 0 Å². The maximum Gasteiger partial charge on any atom is 0.251 e. The monoisotopic (exact) mass is 352 g/mol. The summed E-state index contributed by atoms with van der Waals surface area (Å²) < 4.78 is 0. The van der Waals surface area contributed by atoms with Gasteiger partial charge in [-0.1, -0.05) is 29.8 Å². The summed E-state index contributed by atoms with van der Waals surface area (Å²) in [4.78, 5) is 20.7. The SMILES string of the molecule is CC(NC(=O)c1cccc(Nc2ncccn2)c1)c1ccc(Cl)cc1. The van der Waals surface area contributed by atoms with Crippen LogP contribution in [0.15, 0.2) is 67.0 Å². The lowest BCUT2D eigenvalue weighted by Crippen LogP contribution is -2.26. The molecule has 25 heavy (non-hydrogen) atoms. The second kappa shape index (κ2) is 7.77. The molecule has 3 rings (SSSR count). The molecule has 5 nitrogen and oxygen atoms in total. The van der Waals surface area contributed by atoms with Crippen LogP contribution in [0, 0.1) is 0 Å². The molecule has 1 heterocycles. The summed E-state index contributed by atoms with van der Waals surface area (Å²) in [6, 6.07) is 16.2. The van der Waals surface area contributed by atoms with E-state index in [0.29, 0.717) is 16.5 Å². The molecule has 1 atom stereocenters. The van der Waals surface area contributed by atoms with Crippen molar-refractivity contribution in [3.63, 3.8) is 0 Å². The smallest absolute Gasteiger partial charge is 0.251 e. The van der Waals surface area contributed by atoms with Crippen LogP contribution in [0.2, 0.25) is 5.02 Å². The van der Waals surface area contributed by atoms with Crippen molar-refractivity contribution in [1.29, 1.82) is 0 Å². The highest BCUT2D eigenvalue weighted by molar-refractivity contribution is 6.30. The van der Waals surface area contributed by atoms with E-state index < -0.39 is 0 Å². The first-order valence-corrected chi connectivity index (χ1v) is 8.20. The number of hydrogen-bond donors (Lipinski definition) is 2. The largest absolute Gasteiger partial charge is 0.346 e. The van der Waals surface area contributed by atoms with E-state index in [9.17, 15) is 4.79 Å². The first-order valence-electron chi connectivity index (χ1n) is 7.82. The minimum absolute atomic E-state index is 0.126. The Hall–Kier alpha value is -2.92. The number of benzene rings is 2. The van der Waals surface area contributed by atoms with Crippen LogP contribution in [0.5, 0.6) is 0 Å². The second-order valence-electron chi connectivity index (χ2n) is 5.52. The zero-order valence-electron chi connectivity index (χ0n) is 13.6. The first-order chi connectivity index (χ1) is 12.1. The third-order valence-corrected chi connectivity index (χ3v) is 3.92. The van der Waals surface area contributed by atoms with Crippen LogP contribution >= 0.6 is 11.6 Å². The minimum atomic E-state index is -0.153. The maximum atomic E-state index is 12.5. The molecule has 3 aromatic rings. The molecule has 0 aliphatic rings. The summed E-state index contributed by atoms with van der Waals surface area (Å²) >= 11 is 5.90. The van der Waals surface area contributed by atoms with Crippen LogP contribution in [-0.2, 0) is 0 Å². The van der Waals surface area contributed by atoms with Gasteiger partial charge in [-0.3, -0.25) is 4.79 Å². The molecule has 126 valence electrons. The summed E-state index contributed by atoms with van der Waals surface area (Å²) in [5.74, 6) is 0.328. The van der Waals surface area contributed by atoms with Gasteiger partial charge in [0.25, 0.3) is 5.91 Å². The van der Waals surface area contributed by atoms with Crippen molar-refractivity contribution >= 4 is 29.1 Å². The van der Waals surface area contributed by atoms with E-state index in [2.05, 4.69) is 20.6 Å². The summed E-state index contributed by atoms with van der Waals surface area (Å²) in [5, 5.41) is 6.73. The summed E-state index contributed by atoms with van der Waals surface area (Å²) in [5.41, 5.74) is 2.30. The number of nitrogens with zero attached hydrogens (tertiary/aromatic N) is 2. The van der Waals surface area contributed by atoms with Crippen LogP contribution in [0.1, 0.15) is 28.9 Å². The Kier molecular flexibility index (Phi) is 5.26. The number of halogens is 1. The zero-order chi connectivity index (χ0) is 17.6. The van der Waals surface area contributed by atoms with E-state index in [0.717, 1.165) is 11.3 Å². The van der Waals surface area contributed by atoms with Crippen molar-refractivity contribution in [2.24, 2.45) is 0 Å². The van der Waals surface area contributed by atoms with Crippen molar-refractivity contribution in [2.45, 2.75) is 13.0 Å². The van der Waals surface area contributed by atoms with Crippen LogP contribution < -0.4 is 10.6 Å². The lowest BCUT2D eigenvalue weighted by molar-refractivity contribution is 0.0940. The van der Waals surface area contributed by atoms with E-state index in [1.54, 1.807) is 30.6 Å². The minimum Gasteiger partial charge on any atom is -0.346 e. The van der Waals surface area contributed by atoms with E-state index in [1.807, 2.05) is 43.3 Å².